The summed E-state index contributed by atoms with van der Waals surface area (Å²) < 4.78 is 0. The minimum atomic E-state index is 0.761. The van der Waals surface area contributed by atoms with Crippen molar-refractivity contribution in [1.82, 2.24) is 15.6 Å². The quantitative estimate of drug-likeness (QED) is 0.617. The molecule has 1 aliphatic heterocycles. The highest BCUT2D eigenvalue weighted by Gasteiger charge is 2.13. The molecule has 1 saturated heterocycles. The van der Waals surface area contributed by atoms with E-state index in [1.165, 1.54) is 18.4 Å². The SMILES string of the molecule is CN=C(NC)NCc1ccnc(N2CCCC2)c1. The average molecular weight is 247 g/mol. The third-order valence-electron chi connectivity index (χ3n) is 3.16. The van der Waals surface area contributed by atoms with Gasteiger partial charge in [0, 0.05) is 39.9 Å². The maximum absolute atomic E-state index is 4.44. The molecule has 2 N–H and O–H groups in total. The van der Waals surface area contributed by atoms with Crippen LogP contribution in [0.1, 0.15) is 18.4 Å². The van der Waals surface area contributed by atoms with Crippen LogP contribution < -0.4 is 15.5 Å². The number of guanidine groups is 1. The van der Waals surface area contributed by atoms with Crippen LogP contribution in [0, 0.1) is 0 Å². The van der Waals surface area contributed by atoms with E-state index in [2.05, 4.69) is 31.6 Å². The fourth-order valence-corrected chi connectivity index (χ4v) is 2.15. The van der Waals surface area contributed by atoms with Crippen LogP contribution in [-0.4, -0.2) is 38.1 Å². The summed E-state index contributed by atoms with van der Waals surface area (Å²) in [6, 6.07) is 4.19. The average Bonchev–Trinajstić information content (AvgIpc) is 2.94. The summed E-state index contributed by atoms with van der Waals surface area (Å²) in [6.07, 6.45) is 4.43. The van der Waals surface area contributed by atoms with E-state index >= 15 is 0 Å². The van der Waals surface area contributed by atoms with Gasteiger partial charge in [-0.25, -0.2) is 4.98 Å². The van der Waals surface area contributed by atoms with Crippen molar-refractivity contribution in [2.75, 3.05) is 32.1 Å². The lowest BCUT2D eigenvalue weighted by molar-refractivity contribution is 0.857. The third kappa shape index (κ3) is 3.12. The Morgan fingerprint density at radius 2 is 2.22 bits per heavy atom. The van der Waals surface area contributed by atoms with Gasteiger partial charge in [-0.05, 0) is 30.5 Å². The molecule has 2 rings (SSSR count). The Bertz CT molecular complexity index is 410. The molecule has 0 aliphatic carbocycles. The van der Waals surface area contributed by atoms with Crippen molar-refractivity contribution in [2.45, 2.75) is 19.4 Å². The zero-order valence-electron chi connectivity index (χ0n) is 11.1. The van der Waals surface area contributed by atoms with E-state index in [1.807, 2.05) is 19.3 Å². The molecule has 98 valence electrons. The summed E-state index contributed by atoms with van der Waals surface area (Å²) in [5, 5.41) is 6.25. The van der Waals surface area contributed by atoms with Gasteiger partial charge >= 0.3 is 0 Å². The Labute approximate surface area is 108 Å². The molecule has 0 amide bonds. The molecule has 1 fully saturated rings. The Hall–Kier alpha value is -1.78. The number of nitrogens with one attached hydrogen (secondary N) is 2. The number of anilines is 1. The monoisotopic (exact) mass is 247 g/mol. The van der Waals surface area contributed by atoms with Crippen molar-refractivity contribution in [3.05, 3.63) is 23.9 Å². The fraction of sp³-hybridized carbons (Fsp3) is 0.538. The number of rotatable bonds is 3. The van der Waals surface area contributed by atoms with Crippen molar-refractivity contribution in [3.8, 4) is 0 Å². The molecule has 5 heteroatoms. The van der Waals surface area contributed by atoms with Crippen LogP contribution in [0.5, 0.6) is 0 Å². The van der Waals surface area contributed by atoms with E-state index in [4.69, 9.17) is 0 Å². The first-order valence-corrected chi connectivity index (χ1v) is 6.42. The summed E-state index contributed by atoms with van der Waals surface area (Å²) in [5.74, 6) is 1.89. The van der Waals surface area contributed by atoms with E-state index in [0.29, 0.717) is 0 Å². The summed E-state index contributed by atoms with van der Waals surface area (Å²) in [7, 11) is 3.62. The molecule has 0 spiro atoms. The molecule has 0 unspecified atom stereocenters. The molecule has 0 bridgehead atoms. The molecule has 1 aliphatic rings. The van der Waals surface area contributed by atoms with Crippen molar-refractivity contribution >= 4 is 11.8 Å². The first-order valence-electron chi connectivity index (χ1n) is 6.42. The van der Waals surface area contributed by atoms with Crippen LogP contribution in [0.4, 0.5) is 5.82 Å². The van der Waals surface area contributed by atoms with E-state index < -0.39 is 0 Å². The predicted molar refractivity (Wildman–Crippen MR) is 74.9 cm³/mol. The number of pyridine rings is 1. The van der Waals surface area contributed by atoms with Gasteiger partial charge < -0.3 is 15.5 Å². The van der Waals surface area contributed by atoms with Crippen molar-refractivity contribution in [1.29, 1.82) is 0 Å². The van der Waals surface area contributed by atoms with Crippen LogP contribution in [0.3, 0.4) is 0 Å². The second-order valence-electron chi connectivity index (χ2n) is 4.39. The van der Waals surface area contributed by atoms with Crippen molar-refractivity contribution in [3.63, 3.8) is 0 Å². The Morgan fingerprint density at radius 1 is 1.44 bits per heavy atom. The first-order chi connectivity index (χ1) is 8.83. The molecule has 0 saturated carbocycles. The minimum absolute atomic E-state index is 0.761. The summed E-state index contributed by atoms with van der Waals surface area (Å²) in [4.78, 5) is 10.9. The first kappa shape index (κ1) is 12.7. The van der Waals surface area contributed by atoms with Gasteiger partial charge in [-0.15, -0.1) is 0 Å². The molecule has 5 nitrogen and oxygen atoms in total. The van der Waals surface area contributed by atoms with Gasteiger partial charge in [0.15, 0.2) is 5.96 Å². The number of hydrogen-bond acceptors (Lipinski definition) is 3. The smallest absolute Gasteiger partial charge is 0.190 e. The van der Waals surface area contributed by atoms with Crippen molar-refractivity contribution < 1.29 is 0 Å². The number of aromatic nitrogens is 1. The third-order valence-corrected chi connectivity index (χ3v) is 3.16. The summed E-state index contributed by atoms with van der Waals surface area (Å²) in [5.41, 5.74) is 1.23. The van der Waals surface area contributed by atoms with E-state index in [0.717, 1.165) is 31.4 Å². The van der Waals surface area contributed by atoms with Gasteiger partial charge in [-0.3, -0.25) is 4.99 Å². The zero-order chi connectivity index (χ0) is 12.8. The van der Waals surface area contributed by atoms with Crippen LogP contribution in [-0.2, 0) is 6.54 Å². The van der Waals surface area contributed by atoms with Gasteiger partial charge in [-0.1, -0.05) is 0 Å². The summed E-state index contributed by atoms with van der Waals surface area (Å²) >= 11 is 0. The van der Waals surface area contributed by atoms with Gasteiger partial charge in [0.2, 0.25) is 0 Å². The lowest BCUT2D eigenvalue weighted by atomic mass is 10.2. The Kier molecular flexibility index (Phi) is 4.39. The maximum atomic E-state index is 4.44. The van der Waals surface area contributed by atoms with Gasteiger partial charge in [-0.2, -0.15) is 0 Å². The largest absolute Gasteiger partial charge is 0.359 e. The van der Waals surface area contributed by atoms with Crippen LogP contribution in [0.15, 0.2) is 23.3 Å². The second kappa shape index (κ2) is 6.23. The Morgan fingerprint density at radius 3 is 2.89 bits per heavy atom. The minimum Gasteiger partial charge on any atom is -0.359 e. The van der Waals surface area contributed by atoms with E-state index in [-0.39, 0.29) is 0 Å². The van der Waals surface area contributed by atoms with Crippen LogP contribution >= 0.6 is 0 Å². The summed E-state index contributed by atoms with van der Waals surface area (Å²) in [6.45, 7) is 3.01. The van der Waals surface area contributed by atoms with Gasteiger partial charge in [0.05, 0.1) is 0 Å². The molecule has 0 radical (unpaired) electrons. The molecule has 1 aromatic heterocycles. The fourth-order valence-electron chi connectivity index (χ4n) is 2.15. The highest BCUT2D eigenvalue weighted by Crippen LogP contribution is 2.18. The standard InChI is InChI=1S/C13H21N5/c1-14-13(15-2)17-10-11-5-6-16-12(9-11)18-7-3-4-8-18/h5-6,9H,3-4,7-8,10H2,1-2H3,(H2,14,15,17). The molecule has 1 aromatic rings. The lowest BCUT2D eigenvalue weighted by Gasteiger charge is -2.17. The number of hydrogen-bond donors (Lipinski definition) is 2. The molecule has 2 heterocycles. The normalized spacial score (nSPS) is 15.9. The van der Waals surface area contributed by atoms with Crippen LogP contribution in [0.2, 0.25) is 0 Å². The van der Waals surface area contributed by atoms with Gasteiger partial charge in [0.1, 0.15) is 5.82 Å². The molecule has 0 aromatic carbocycles. The van der Waals surface area contributed by atoms with Crippen LogP contribution in [0.25, 0.3) is 0 Å². The van der Waals surface area contributed by atoms with Gasteiger partial charge in [0.25, 0.3) is 0 Å². The molecular weight excluding hydrogens is 226 g/mol. The zero-order valence-corrected chi connectivity index (χ0v) is 11.1. The highest BCUT2D eigenvalue weighted by atomic mass is 15.2. The Balaban J connectivity index is 1.98. The predicted octanol–water partition coefficient (Wildman–Crippen LogP) is 0.977. The highest BCUT2D eigenvalue weighted by molar-refractivity contribution is 5.79. The van der Waals surface area contributed by atoms with Crippen molar-refractivity contribution in [2.24, 2.45) is 4.99 Å². The molecule has 0 atom stereocenters. The number of aliphatic imine (C=N–C) groups is 1. The molecular formula is C13H21N5. The second-order valence-corrected chi connectivity index (χ2v) is 4.39. The number of nitrogens with zero attached hydrogens (tertiary/aromatic N) is 3. The van der Waals surface area contributed by atoms with E-state index in [1.54, 1.807) is 7.05 Å². The lowest BCUT2D eigenvalue weighted by Crippen LogP contribution is -2.34. The topological polar surface area (TPSA) is 52.6 Å². The molecule has 18 heavy (non-hydrogen) atoms. The maximum Gasteiger partial charge on any atom is 0.190 e. The van der Waals surface area contributed by atoms with E-state index in [9.17, 15) is 0 Å².